The molecule has 1 aromatic carbocycles. The number of amides is 1. The summed E-state index contributed by atoms with van der Waals surface area (Å²) in [7, 11) is 0. The third-order valence-corrected chi connectivity index (χ3v) is 5.22. The summed E-state index contributed by atoms with van der Waals surface area (Å²) in [5.74, 6) is 1.31. The molecule has 6 heteroatoms. The van der Waals surface area contributed by atoms with Gasteiger partial charge in [-0.1, -0.05) is 29.8 Å². The number of hydrogen-bond donors (Lipinski definition) is 0. The summed E-state index contributed by atoms with van der Waals surface area (Å²) in [4.78, 5) is 23.3. The van der Waals surface area contributed by atoms with E-state index in [4.69, 9.17) is 16.0 Å². The summed E-state index contributed by atoms with van der Waals surface area (Å²) in [5, 5.41) is 0.710. The maximum absolute atomic E-state index is 12.9. The molecule has 1 fully saturated rings. The summed E-state index contributed by atoms with van der Waals surface area (Å²) in [6, 6.07) is 11.1. The second-order valence-electron chi connectivity index (χ2n) is 6.68. The first-order chi connectivity index (χ1) is 13.2. The van der Waals surface area contributed by atoms with Crippen LogP contribution in [0.3, 0.4) is 0 Å². The molecule has 138 valence electrons. The largest absolute Gasteiger partial charge is 0.443 e. The molecular formula is C21H20ClN3O2. The quantitative estimate of drug-likeness (QED) is 0.658. The summed E-state index contributed by atoms with van der Waals surface area (Å²) in [6.07, 6.45) is 8.46. The minimum atomic E-state index is -0.147. The molecular weight excluding hydrogens is 362 g/mol. The smallest absolute Gasteiger partial charge is 0.256 e. The number of halogens is 1. The number of benzene rings is 1. The van der Waals surface area contributed by atoms with Gasteiger partial charge in [0.2, 0.25) is 5.89 Å². The van der Waals surface area contributed by atoms with Crippen LogP contribution < -0.4 is 0 Å². The van der Waals surface area contributed by atoms with Crippen LogP contribution in [0.15, 0.2) is 59.4 Å². The van der Waals surface area contributed by atoms with Gasteiger partial charge in [0.15, 0.2) is 0 Å². The van der Waals surface area contributed by atoms with Gasteiger partial charge in [0.1, 0.15) is 11.8 Å². The highest BCUT2D eigenvalue weighted by molar-refractivity contribution is 6.31. The average Bonchev–Trinajstić information content (AvgIpc) is 3.18. The number of aromatic nitrogens is 2. The number of carbonyl (C=O) groups is 1. The number of pyridine rings is 1. The molecule has 5 nitrogen and oxygen atoms in total. The van der Waals surface area contributed by atoms with Crippen molar-refractivity contribution in [3.8, 4) is 0 Å². The van der Waals surface area contributed by atoms with Gasteiger partial charge in [-0.25, -0.2) is 4.98 Å². The van der Waals surface area contributed by atoms with E-state index in [9.17, 15) is 4.79 Å². The second kappa shape index (κ2) is 7.92. The summed E-state index contributed by atoms with van der Waals surface area (Å²) in [5.41, 5.74) is 1.58. The van der Waals surface area contributed by atoms with Crippen LogP contribution in [0.5, 0.6) is 0 Å². The minimum Gasteiger partial charge on any atom is -0.443 e. The monoisotopic (exact) mass is 381 g/mol. The van der Waals surface area contributed by atoms with E-state index >= 15 is 0 Å². The molecule has 27 heavy (non-hydrogen) atoms. The number of hydrogen-bond acceptors (Lipinski definition) is 4. The number of nitrogens with zero attached hydrogens (tertiary/aromatic N) is 3. The van der Waals surface area contributed by atoms with Crippen molar-refractivity contribution in [2.75, 3.05) is 6.54 Å². The van der Waals surface area contributed by atoms with E-state index in [0.29, 0.717) is 29.4 Å². The molecule has 1 saturated heterocycles. The number of likely N-dealkylation sites (tertiary alicyclic amines) is 1. The first-order valence-corrected chi connectivity index (χ1v) is 9.49. The Labute approximate surface area is 163 Å². The molecule has 1 unspecified atom stereocenters. The van der Waals surface area contributed by atoms with Crippen molar-refractivity contribution in [2.45, 2.75) is 31.7 Å². The Morgan fingerprint density at radius 2 is 2.07 bits per heavy atom. The lowest BCUT2D eigenvalue weighted by Gasteiger charge is -2.33. The molecule has 1 aliphatic rings. The Balaban J connectivity index is 1.55. The lowest BCUT2D eigenvalue weighted by atomic mass is 10.0. The van der Waals surface area contributed by atoms with Crippen molar-refractivity contribution in [1.29, 1.82) is 0 Å². The molecule has 2 aromatic heterocycles. The molecule has 0 radical (unpaired) electrons. The van der Waals surface area contributed by atoms with E-state index in [1.54, 1.807) is 30.7 Å². The molecule has 0 bridgehead atoms. The Hall–Kier alpha value is -2.66. The highest BCUT2D eigenvalue weighted by atomic mass is 35.5. The van der Waals surface area contributed by atoms with E-state index in [1.165, 1.54) is 0 Å². The van der Waals surface area contributed by atoms with E-state index in [0.717, 1.165) is 30.6 Å². The van der Waals surface area contributed by atoms with Gasteiger partial charge >= 0.3 is 0 Å². The van der Waals surface area contributed by atoms with Crippen LogP contribution in [0.25, 0.3) is 0 Å². The molecule has 1 atom stereocenters. The number of piperidine rings is 1. The molecule has 0 saturated carbocycles. The van der Waals surface area contributed by atoms with Crippen LogP contribution >= 0.6 is 11.6 Å². The molecule has 0 aliphatic carbocycles. The molecule has 3 heterocycles. The van der Waals surface area contributed by atoms with Crippen molar-refractivity contribution in [3.05, 3.63) is 82.8 Å². The van der Waals surface area contributed by atoms with E-state index in [2.05, 4.69) is 9.97 Å². The van der Waals surface area contributed by atoms with Gasteiger partial charge in [0, 0.05) is 30.4 Å². The van der Waals surface area contributed by atoms with Crippen molar-refractivity contribution < 1.29 is 9.21 Å². The zero-order valence-electron chi connectivity index (χ0n) is 14.8. The Kier molecular flexibility index (Phi) is 5.21. The fourth-order valence-corrected chi connectivity index (χ4v) is 3.68. The van der Waals surface area contributed by atoms with Crippen molar-refractivity contribution in [3.63, 3.8) is 0 Å². The third-order valence-electron chi connectivity index (χ3n) is 4.85. The summed E-state index contributed by atoms with van der Waals surface area (Å²) >= 11 is 6.24. The number of oxazole rings is 1. The van der Waals surface area contributed by atoms with Crippen LogP contribution in [0.2, 0.25) is 5.02 Å². The highest BCUT2D eigenvalue weighted by Gasteiger charge is 2.32. The summed E-state index contributed by atoms with van der Waals surface area (Å²) in [6.45, 7) is 0.695. The number of carbonyl (C=O) groups excluding carboxylic acids is 1. The van der Waals surface area contributed by atoms with Crippen LogP contribution in [-0.4, -0.2) is 27.3 Å². The fourth-order valence-electron chi connectivity index (χ4n) is 3.47. The third kappa shape index (κ3) is 3.88. The SMILES string of the molecule is O=C(c1cccnc1)N1CCCCC1c1ncc(Cc2ccccc2Cl)o1. The average molecular weight is 382 g/mol. The second-order valence-corrected chi connectivity index (χ2v) is 7.09. The van der Waals surface area contributed by atoms with Gasteiger partial charge in [-0.05, 0) is 43.0 Å². The first kappa shape index (κ1) is 17.7. The van der Waals surface area contributed by atoms with Crippen molar-refractivity contribution in [1.82, 2.24) is 14.9 Å². The molecule has 4 rings (SSSR count). The minimum absolute atomic E-state index is 0.0290. The predicted molar refractivity (Wildman–Crippen MR) is 103 cm³/mol. The van der Waals surface area contributed by atoms with E-state index in [-0.39, 0.29) is 11.9 Å². The van der Waals surface area contributed by atoms with Crippen LogP contribution in [0, 0.1) is 0 Å². The fraction of sp³-hybridized carbons (Fsp3) is 0.286. The topological polar surface area (TPSA) is 59.2 Å². The molecule has 0 N–H and O–H groups in total. The van der Waals surface area contributed by atoms with E-state index < -0.39 is 0 Å². The number of rotatable bonds is 4. The van der Waals surface area contributed by atoms with Gasteiger partial charge in [0.25, 0.3) is 5.91 Å². The Morgan fingerprint density at radius 3 is 2.89 bits per heavy atom. The maximum atomic E-state index is 12.9. The molecule has 1 amide bonds. The lowest BCUT2D eigenvalue weighted by Crippen LogP contribution is -2.38. The van der Waals surface area contributed by atoms with Gasteiger partial charge in [0.05, 0.1) is 11.8 Å². The van der Waals surface area contributed by atoms with Gasteiger partial charge in [-0.15, -0.1) is 0 Å². The van der Waals surface area contributed by atoms with Crippen molar-refractivity contribution >= 4 is 17.5 Å². The van der Waals surface area contributed by atoms with Gasteiger partial charge < -0.3 is 9.32 Å². The molecule has 3 aromatic rings. The lowest BCUT2D eigenvalue weighted by molar-refractivity contribution is 0.0569. The standard InChI is InChI=1S/C21H20ClN3O2/c22-18-8-2-1-6-15(18)12-17-14-24-20(27-17)19-9-3-4-11-25(19)21(26)16-7-5-10-23-13-16/h1-2,5-8,10,13-14,19H,3-4,9,11-12H2. The Morgan fingerprint density at radius 1 is 1.19 bits per heavy atom. The zero-order chi connectivity index (χ0) is 18.6. The Bertz CT molecular complexity index is 926. The van der Waals surface area contributed by atoms with Crippen molar-refractivity contribution in [2.24, 2.45) is 0 Å². The summed E-state index contributed by atoms with van der Waals surface area (Å²) < 4.78 is 6.02. The van der Waals surface area contributed by atoms with Gasteiger partial charge in [-0.2, -0.15) is 0 Å². The van der Waals surface area contributed by atoms with Crippen LogP contribution in [0.1, 0.15) is 52.9 Å². The van der Waals surface area contributed by atoms with Gasteiger partial charge in [-0.3, -0.25) is 9.78 Å². The molecule has 1 aliphatic heterocycles. The van der Waals surface area contributed by atoms with E-state index in [1.807, 2.05) is 29.2 Å². The zero-order valence-corrected chi connectivity index (χ0v) is 15.6. The molecule has 0 spiro atoms. The maximum Gasteiger partial charge on any atom is 0.256 e. The first-order valence-electron chi connectivity index (χ1n) is 9.11. The highest BCUT2D eigenvalue weighted by Crippen LogP contribution is 2.32. The predicted octanol–water partition coefficient (Wildman–Crippen LogP) is 4.68. The normalized spacial score (nSPS) is 17.1. The van der Waals surface area contributed by atoms with Crippen LogP contribution in [-0.2, 0) is 6.42 Å². The van der Waals surface area contributed by atoms with Crippen LogP contribution in [0.4, 0.5) is 0 Å².